The van der Waals surface area contributed by atoms with E-state index in [0.29, 0.717) is 17.9 Å². The molecule has 25 heavy (non-hydrogen) atoms. The number of hydrogen-bond donors (Lipinski definition) is 2. The zero-order valence-electron chi connectivity index (χ0n) is 14.3. The molecule has 0 atom stereocenters. The Balaban J connectivity index is 1.28. The maximum Gasteiger partial charge on any atom is 0.262 e. The van der Waals surface area contributed by atoms with Gasteiger partial charge in [-0.3, -0.25) is 9.59 Å². The van der Waals surface area contributed by atoms with Crippen LogP contribution in [-0.2, 0) is 16.0 Å². The zero-order valence-corrected chi connectivity index (χ0v) is 14.3. The molecule has 5 aliphatic rings. The largest absolute Gasteiger partial charge is 0.482 e. The van der Waals surface area contributed by atoms with Crippen LogP contribution in [0.4, 0.5) is 5.69 Å². The molecule has 0 radical (unpaired) electrons. The van der Waals surface area contributed by atoms with Crippen molar-refractivity contribution in [2.24, 2.45) is 17.8 Å². The van der Waals surface area contributed by atoms with Crippen molar-refractivity contribution in [3.8, 4) is 5.75 Å². The Morgan fingerprint density at radius 1 is 1.16 bits per heavy atom. The quantitative estimate of drug-likeness (QED) is 0.889. The van der Waals surface area contributed by atoms with Gasteiger partial charge in [-0.2, -0.15) is 0 Å². The van der Waals surface area contributed by atoms with Crippen molar-refractivity contribution in [1.29, 1.82) is 0 Å². The molecular formula is C20H24N2O3. The van der Waals surface area contributed by atoms with Gasteiger partial charge in [-0.25, -0.2) is 0 Å². The van der Waals surface area contributed by atoms with Gasteiger partial charge in [0.05, 0.1) is 12.1 Å². The Morgan fingerprint density at radius 2 is 1.84 bits per heavy atom. The third kappa shape index (κ3) is 2.79. The first-order valence-electron chi connectivity index (χ1n) is 9.43. The van der Waals surface area contributed by atoms with E-state index >= 15 is 0 Å². The molecule has 4 saturated carbocycles. The highest BCUT2D eigenvalue weighted by Crippen LogP contribution is 2.55. The number of amides is 2. The fraction of sp³-hybridized carbons (Fsp3) is 0.600. The Morgan fingerprint density at radius 3 is 2.52 bits per heavy atom. The minimum atomic E-state index is -0.150. The van der Waals surface area contributed by atoms with Crippen molar-refractivity contribution < 1.29 is 14.3 Å². The summed E-state index contributed by atoms with van der Waals surface area (Å²) in [6, 6.07) is 5.60. The molecule has 2 amide bonds. The van der Waals surface area contributed by atoms with Gasteiger partial charge in [0.15, 0.2) is 6.61 Å². The molecule has 0 unspecified atom stereocenters. The summed E-state index contributed by atoms with van der Waals surface area (Å²) >= 11 is 0. The summed E-state index contributed by atoms with van der Waals surface area (Å²) in [6.45, 7) is 0.0544. The van der Waals surface area contributed by atoms with Crippen LogP contribution in [0.3, 0.4) is 0 Å². The summed E-state index contributed by atoms with van der Waals surface area (Å²) in [5, 5.41) is 6.21. The molecule has 1 aromatic carbocycles. The Bertz CT molecular complexity index is 707. The number of fused-ring (bicyclic) bond motifs is 1. The molecule has 1 aliphatic heterocycles. The van der Waals surface area contributed by atoms with Gasteiger partial charge in [0.2, 0.25) is 5.91 Å². The van der Waals surface area contributed by atoms with Crippen LogP contribution in [0.1, 0.15) is 44.1 Å². The van der Waals surface area contributed by atoms with Crippen molar-refractivity contribution >= 4 is 17.5 Å². The van der Waals surface area contributed by atoms with Crippen LogP contribution in [0.2, 0.25) is 0 Å². The molecular weight excluding hydrogens is 316 g/mol. The van der Waals surface area contributed by atoms with E-state index in [1.807, 2.05) is 18.2 Å². The van der Waals surface area contributed by atoms with Gasteiger partial charge >= 0.3 is 0 Å². The Hall–Kier alpha value is -2.04. The second kappa shape index (κ2) is 5.48. The van der Waals surface area contributed by atoms with Crippen LogP contribution >= 0.6 is 0 Å². The standard InChI is InChI=1S/C20H24N2O3/c23-18(7-12-1-2-17-16(6-12)21-19(24)11-25-17)22-20-8-13-3-14(9-20)5-15(4-13)10-20/h1-2,6,13-15H,3-5,7-11H2,(H,21,24)(H,22,23). The highest BCUT2D eigenvalue weighted by Gasteiger charge is 2.51. The fourth-order valence-electron chi connectivity index (χ4n) is 6.03. The number of hydrogen-bond acceptors (Lipinski definition) is 3. The summed E-state index contributed by atoms with van der Waals surface area (Å²) in [6.07, 6.45) is 7.97. The Labute approximate surface area is 147 Å². The van der Waals surface area contributed by atoms with Gasteiger partial charge in [-0.15, -0.1) is 0 Å². The molecule has 5 heteroatoms. The van der Waals surface area contributed by atoms with Gasteiger partial charge in [0.1, 0.15) is 5.75 Å². The predicted octanol–water partition coefficient (Wildman–Crippen LogP) is 2.65. The van der Waals surface area contributed by atoms with Crippen LogP contribution in [0, 0.1) is 17.8 Å². The first-order chi connectivity index (χ1) is 12.1. The molecule has 2 N–H and O–H groups in total. The van der Waals surface area contributed by atoms with E-state index in [4.69, 9.17) is 4.74 Å². The van der Waals surface area contributed by atoms with E-state index in [9.17, 15) is 9.59 Å². The number of ether oxygens (including phenoxy) is 1. The van der Waals surface area contributed by atoms with E-state index < -0.39 is 0 Å². The maximum absolute atomic E-state index is 12.7. The molecule has 1 heterocycles. The van der Waals surface area contributed by atoms with Gasteiger partial charge in [-0.1, -0.05) is 6.07 Å². The lowest BCUT2D eigenvalue weighted by Gasteiger charge is -2.56. The predicted molar refractivity (Wildman–Crippen MR) is 93.3 cm³/mol. The zero-order chi connectivity index (χ0) is 17.0. The van der Waals surface area contributed by atoms with Crippen LogP contribution in [0.5, 0.6) is 5.75 Å². The highest BCUT2D eigenvalue weighted by atomic mass is 16.5. The minimum absolute atomic E-state index is 0.0529. The summed E-state index contributed by atoms with van der Waals surface area (Å²) in [5.41, 5.74) is 1.63. The van der Waals surface area contributed by atoms with E-state index in [2.05, 4.69) is 10.6 Å². The van der Waals surface area contributed by atoms with E-state index in [0.717, 1.165) is 23.3 Å². The lowest BCUT2D eigenvalue weighted by Crippen LogP contribution is -2.60. The number of rotatable bonds is 3. The second-order valence-electron chi connectivity index (χ2n) is 8.59. The molecule has 5 nitrogen and oxygen atoms in total. The number of carbonyl (C=O) groups excluding carboxylic acids is 2. The highest BCUT2D eigenvalue weighted by molar-refractivity contribution is 5.95. The fourth-order valence-corrected chi connectivity index (χ4v) is 6.03. The molecule has 1 aromatic rings. The van der Waals surface area contributed by atoms with Crippen molar-refractivity contribution in [1.82, 2.24) is 5.32 Å². The van der Waals surface area contributed by atoms with Gasteiger partial charge in [0, 0.05) is 5.54 Å². The molecule has 0 aromatic heterocycles. The van der Waals surface area contributed by atoms with Crippen LogP contribution in [0.25, 0.3) is 0 Å². The monoisotopic (exact) mass is 340 g/mol. The van der Waals surface area contributed by atoms with Gasteiger partial charge in [0.25, 0.3) is 5.91 Å². The summed E-state index contributed by atoms with van der Waals surface area (Å²) in [5.74, 6) is 3.09. The normalized spacial score (nSPS) is 34.9. The second-order valence-corrected chi connectivity index (χ2v) is 8.59. The SMILES string of the molecule is O=C1COc2ccc(CC(=O)NC34CC5CC(CC(C5)C3)C4)cc2N1. The summed E-state index contributed by atoms with van der Waals surface area (Å²) in [4.78, 5) is 24.2. The number of anilines is 1. The van der Waals surface area contributed by atoms with E-state index in [-0.39, 0.29) is 24.0 Å². The smallest absolute Gasteiger partial charge is 0.262 e. The molecule has 4 bridgehead atoms. The van der Waals surface area contributed by atoms with Crippen molar-refractivity contribution in [3.63, 3.8) is 0 Å². The lowest BCUT2D eigenvalue weighted by molar-refractivity contribution is -0.126. The third-order valence-corrected chi connectivity index (χ3v) is 6.48. The molecule has 6 rings (SSSR count). The minimum Gasteiger partial charge on any atom is -0.482 e. The molecule has 4 fully saturated rings. The van der Waals surface area contributed by atoms with Gasteiger partial charge < -0.3 is 15.4 Å². The average molecular weight is 340 g/mol. The summed E-state index contributed by atoms with van der Waals surface area (Å²) in [7, 11) is 0. The van der Waals surface area contributed by atoms with E-state index in [1.165, 1.54) is 38.5 Å². The van der Waals surface area contributed by atoms with Crippen LogP contribution in [0.15, 0.2) is 18.2 Å². The van der Waals surface area contributed by atoms with Crippen molar-refractivity contribution in [2.75, 3.05) is 11.9 Å². The van der Waals surface area contributed by atoms with Crippen molar-refractivity contribution in [3.05, 3.63) is 23.8 Å². The van der Waals surface area contributed by atoms with Gasteiger partial charge in [-0.05, 0) is 74.0 Å². The maximum atomic E-state index is 12.7. The number of carbonyl (C=O) groups is 2. The summed E-state index contributed by atoms with van der Waals surface area (Å²) < 4.78 is 5.37. The topological polar surface area (TPSA) is 67.4 Å². The lowest BCUT2D eigenvalue weighted by atomic mass is 9.53. The number of benzene rings is 1. The average Bonchev–Trinajstić information content (AvgIpc) is 2.52. The Kier molecular flexibility index (Phi) is 3.34. The molecule has 0 saturated heterocycles. The first-order valence-corrected chi connectivity index (χ1v) is 9.43. The third-order valence-electron chi connectivity index (χ3n) is 6.48. The van der Waals surface area contributed by atoms with Crippen molar-refractivity contribution in [2.45, 2.75) is 50.5 Å². The van der Waals surface area contributed by atoms with Crippen LogP contribution < -0.4 is 15.4 Å². The van der Waals surface area contributed by atoms with Crippen LogP contribution in [-0.4, -0.2) is 24.0 Å². The first kappa shape index (κ1) is 15.2. The molecule has 4 aliphatic carbocycles. The number of nitrogens with one attached hydrogen (secondary N) is 2. The molecule has 0 spiro atoms. The van der Waals surface area contributed by atoms with E-state index in [1.54, 1.807) is 0 Å². The molecule has 132 valence electrons.